The van der Waals surface area contributed by atoms with Gasteiger partial charge in [-0.25, -0.2) is 0 Å². The lowest BCUT2D eigenvalue weighted by Crippen LogP contribution is -1.93. The zero-order valence-corrected chi connectivity index (χ0v) is 15.6. The fourth-order valence-electron chi connectivity index (χ4n) is 2.68. The molecule has 2 aromatic carbocycles. The molecule has 23 heavy (non-hydrogen) atoms. The number of phenolic OH excluding ortho intramolecular Hbond substituents is 2. The third kappa shape index (κ3) is 3.84. The smallest absolute Gasteiger partial charge is 0.122 e. The Labute approximate surface area is 143 Å². The molecule has 0 saturated carbocycles. The average molecular weight is 330 g/mol. The molecular weight excluding hydrogens is 304 g/mol. The normalized spacial score (nSPS) is 11.5. The first kappa shape index (κ1) is 17.7. The Hall–Kier alpha value is -1.61. The Morgan fingerprint density at radius 2 is 1.04 bits per heavy atom. The monoisotopic (exact) mass is 330 g/mol. The summed E-state index contributed by atoms with van der Waals surface area (Å²) < 4.78 is 0. The van der Waals surface area contributed by atoms with Crippen molar-refractivity contribution in [2.45, 2.75) is 63.2 Å². The molecule has 0 aliphatic carbocycles. The summed E-state index contributed by atoms with van der Waals surface area (Å²) in [7, 11) is 0. The number of hydrogen-bond acceptors (Lipinski definition) is 3. The molecular formula is C20H26O2S. The topological polar surface area (TPSA) is 40.5 Å². The van der Waals surface area contributed by atoms with Crippen LogP contribution in [0.15, 0.2) is 34.1 Å². The first-order valence-corrected chi connectivity index (χ1v) is 8.87. The molecule has 0 saturated heterocycles. The molecule has 2 nitrogen and oxygen atoms in total. The van der Waals surface area contributed by atoms with Crippen molar-refractivity contribution in [1.29, 1.82) is 0 Å². The minimum atomic E-state index is 0.280. The number of benzene rings is 2. The van der Waals surface area contributed by atoms with Crippen molar-refractivity contribution in [2.24, 2.45) is 0 Å². The summed E-state index contributed by atoms with van der Waals surface area (Å²) >= 11 is 1.67. The highest BCUT2D eigenvalue weighted by Gasteiger charge is 2.14. The van der Waals surface area contributed by atoms with Gasteiger partial charge in [0.05, 0.1) is 0 Å². The highest BCUT2D eigenvalue weighted by Crippen LogP contribution is 2.39. The van der Waals surface area contributed by atoms with E-state index in [0.717, 1.165) is 32.0 Å². The Bertz CT molecular complexity index is 657. The summed E-state index contributed by atoms with van der Waals surface area (Å²) in [5, 5.41) is 20.4. The number of rotatable bonds is 4. The molecule has 0 spiro atoms. The Morgan fingerprint density at radius 1 is 0.696 bits per heavy atom. The predicted octanol–water partition coefficient (Wildman–Crippen LogP) is 6.11. The van der Waals surface area contributed by atoms with Gasteiger partial charge in [-0.15, -0.1) is 0 Å². The van der Waals surface area contributed by atoms with E-state index in [0.29, 0.717) is 11.5 Å². The van der Waals surface area contributed by atoms with Crippen LogP contribution >= 0.6 is 11.8 Å². The van der Waals surface area contributed by atoms with E-state index in [1.54, 1.807) is 11.8 Å². The molecule has 0 unspecified atom stereocenters. The third-order valence-corrected chi connectivity index (χ3v) is 5.03. The van der Waals surface area contributed by atoms with Crippen LogP contribution < -0.4 is 0 Å². The first-order valence-electron chi connectivity index (χ1n) is 8.05. The fourth-order valence-corrected chi connectivity index (χ4v) is 3.79. The van der Waals surface area contributed by atoms with Gasteiger partial charge >= 0.3 is 0 Å². The molecule has 2 rings (SSSR count). The van der Waals surface area contributed by atoms with Gasteiger partial charge < -0.3 is 10.2 Å². The first-order chi connectivity index (χ1) is 10.7. The second-order valence-corrected chi connectivity index (χ2v) is 7.91. The number of aromatic hydroxyl groups is 2. The molecule has 0 heterocycles. The van der Waals surface area contributed by atoms with Crippen molar-refractivity contribution in [3.8, 4) is 11.5 Å². The van der Waals surface area contributed by atoms with Gasteiger partial charge in [-0.05, 0) is 72.2 Å². The van der Waals surface area contributed by atoms with E-state index in [1.165, 1.54) is 0 Å². The molecule has 0 radical (unpaired) electrons. The van der Waals surface area contributed by atoms with Crippen molar-refractivity contribution in [2.75, 3.05) is 0 Å². The van der Waals surface area contributed by atoms with Gasteiger partial charge in [0.2, 0.25) is 0 Å². The van der Waals surface area contributed by atoms with Crippen molar-refractivity contribution in [3.05, 3.63) is 46.5 Å². The molecule has 0 bridgehead atoms. The average Bonchev–Trinajstić information content (AvgIpc) is 2.45. The fraction of sp³-hybridized carbons (Fsp3) is 0.400. The Balaban J connectivity index is 2.44. The third-order valence-electron chi connectivity index (χ3n) is 4.09. The molecule has 0 aromatic heterocycles. The van der Waals surface area contributed by atoms with Gasteiger partial charge in [0.1, 0.15) is 11.5 Å². The quantitative estimate of drug-likeness (QED) is 0.710. The molecule has 3 heteroatoms. The van der Waals surface area contributed by atoms with Crippen LogP contribution in [0.3, 0.4) is 0 Å². The lowest BCUT2D eigenvalue weighted by atomic mass is 9.99. The SMILES string of the molecule is Cc1cc(Sc2cc(C)c(O)c(C(C)C)c2)cc(C(C)C)c1O. The maximum absolute atomic E-state index is 10.2. The van der Waals surface area contributed by atoms with Crippen LogP contribution in [0.4, 0.5) is 0 Å². The summed E-state index contributed by atoms with van der Waals surface area (Å²) in [6, 6.07) is 8.16. The summed E-state index contributed by atoms with van der Waals surface area (Å²) in [4.78, 5) is 2.23. The van der Waals surface area contributed by atoms with Crippen LogP contribution in [0.1, 0.15) is 61.8 Å². The van der Waals surface area contributed by atoms with Crippen molar-refractivity contribution in [3.63, 3.8) is 0 Å². The highest BCUT2D eigenvalue weighted by atomic mass is 32.2. The van der Waals surface area contributed by atoms with Crippen molar-refractivity contribution in [1.82, 2.24) is 0 Å². The van der Waals surface area contributed by atoms with Crippen LogP contribution in [0.5, 0.6) is 11.5 Å². The van der Waals surface area contributed by atoms with E-state index in [2.05, 4.69) is 39.8 Å². The van der Waals surface area contributed by atoms with E-state index in [9.17, 15) is 10.2 Å². The van der Waals surface area contributed by atoms with Crippen LogP contribution in [-0.4, -0.2) is 10.2 Å². The minimum Gasteiger partial charge on any atom is -0.507 e. The van der Waals surface area contributed by atoms with Crippen LogP contribution in [0.25, 0.3) is 0 Å². The van der Waals surface area contributed by atoms with Gasteiger partial charge in [-0.1, -0.05) is 39.5 Å². The highest BCUT2D eigenvalue weighted by molar-refractivity contribution is 7.99. The van der Waals surface area contributed by atoms with E-state index in [-0.39, 0.29) is 11.8 Å². The maximum atomic E-state index is 10.2. The maximum Gasteiger partial charge on any atom is 0.122 e. The molecule has 0 aliphatic heterocycles. The Kier molecular flexibility index (Phi) is 5.30. The van der Waals surface area contributed by atoms with Gasteiger partial charge in [-0.2, -0.15) is 0 Å². The number of aryl methyl sites for hydroxylation is 2. The molecule has 124 valence electrons. The van der Waals surface area contributed by atoms with E-state index >= 15 is 0 Å². The summed E-state index contributed by atoms with van der Waals surface area (Å²) in [6.07, 6.45) is 0. The molecule has 0 fully saturated rings. The zero-order chi connectivity index (χ0) is 17.3. The molecule has 0 atom stereocenters. The molecule has 2 aromatic rings. The van der Waals surface area contributed by atoms with Crippen molar-refractivity contribution >= 4 is 11.8 Å². The van der Waals surface area contributed by atoms with E-state index in [1.807, 2.05) is 26.0 Å². The molecule has 2 N–H and O–H groups in total. The largest absolute Gasteiger partial charge is 0.507 e. The van der Waals surface area contributed by atoms with Crippen LogP contribution in [0, 0.1) is 13.8 Å². The van der Waals surface area contributed by atoms with Crippen LogP contribution in [-0.2, 0) is 0 Å². The Morgan fingerprint density at radius 3 is 1.35 bits per heavy atom. The number of hydrogen-bond donors (Lipinski definition) is 2. The second-order valence-electron chi connectivity index (χ2n) is 6.77. The van der Waals surface area contributed by atoms with E-state index < -0.39 is 0 Å². The molecule has 0 amide bonds. The summed E-state index contributed by atoms with van der Waals surface area (Å²) in [5.41, 5.74) is 3.76. The lowest BCUT2D eigenvalue weighted by molar-refractivity contribution is 0.459. The molecule has 0 aliphatic rings. The lowest BCUT2D eigenvalue weighted by Gasteiger charge is -2.15. The zero-order valence-electron chi connectivity index (χ0n) is 14.8. The van der Waals surface area contributed by atoms with E-state index in [4.69, 9.17) is 0 Å². The van der Waals surface area contributed by atoms with Gasteiger partial charge in [0.15, 0.2) is 0 Å². The predicted molar refractivity (Wildman–Crippen MR) is 98.0 cm³/mol. The number of phenols is 2. The standard InChI is InChI=1S/C20H26O2S/c1-11(2)17-9-15(7-13(5)19(17)21)23-16-8-14(6)20(22)18(10-16)12(3)4/h7-12,21-22H,1-6H3. The van der Waals surface area contributed by atoms with Crippen LogP contribution in [0.2, 0.25) is 0 Å². The van der Waals surface area contributed by atoms with Gasteiger partial charge in [-0.3, -0.25) is 0 Å². The summed E-state index contributed by atoms with van der Waals surface area (Å²) in [6.45, 7) is 12.2. The summed E-state index contributed by atoms with van der Waals surface area (Å²) in [5.74, 6) is 1.35. The van der Waals surface area contributed by atoms with Gasteiger partial charge in [0, 0.05) is 9.79 Å². The second kappa shape index (κ2) is 6.88. The van der Waals surface area contributed by atoms with Crippen molar-refractivity contribution < 1.29 is 10.2 Å². The van der Waals surface area contributed by atoms with Gasteiger partial charge in [0.25, 0.3) is 0 Å². The minimum absolute atomic E-state index is 0.280.